The van der Waals surface area contributed by atoms with E-state index in [4.69, 9.17) is 0 Å². The lowest BCUT2D eigenvalue weighted by Gasteiger charge is -2.41. The van der Waals surface area contributed by atoms with E-state index >= 15 is 0 Å². The highest BCUT2D eigenvalue weighted by Gasteiger charge is 2.37. The first kappa shape index (κ1) is 10.2. The molecular formula is C10H12BrNOS. The molecule has 0 saturated heterocycles. The van der Waals surface area contributed by atoms with Crippen LogP contribution in [0.2, 0.25) is 0 Å². The number of nitrogens with one attached hydrogen (secondary N) is 1. The molecule has 2 nitrogen and oxygen atoms in total. The van der Waals surface area contributed by atoms with Crippen molar-refractivity contribution in [1.29, 1.82) is 0 Å². The second-order valence-corrected chi connectivity index (χ2v) is 5.07. The van der Waals surface area contributed by atoms with Gasteiger partial charge in [-0.25, -0.2) is 0 Å². The second kappa shape index (κ2) is 4.03. The Hall–Kier alpha value is -0.350. The van der Waals surface area contributed by atoms with Gasteiger partial charge in [0, 0.05) is 10.7 Å². The van der Waals surface area contributed by atoms with E-state index < -0.39 is 0 Å². The summed E-state index contributed by atoms with van der Waals surface area (Å²) in [6.45, 7) is 0. The fourth-order valence-corrected chi connectivity index (χ4v) is 2.94. The lowest BCUT2D eigenvalue weighted by Crippen LogP contribution is -2.54. The molecule has 1 amide bonds. The predicted molar refractivity (Wildman–Crippen MR) is 62.2 cm³/mol. The zero-order valence-corrected chi connectivity index (χ0v) is 10.2. The first-order chi connectivity index (χ1) is 6.76. The van der Waals surface area contributed by atoms with Gasteiger partial charge in [0.25, 0.3) is 5.91 Å². The predicted octanol–water partition coefficient (Wildman–Crippen LogP) is 2.80. The molecule has 0 spiro atoms. The Bertz CT molecular complexity index is 313. The summed E-state index contributed by atoms with van der Waals surface area (Å²) in [5, 5.41) is 7.77. The summed E-state index contributed by atoms with van der Waals surface area (Å²) < 4.78 is 0. The van der Waals surface area contributed by atoms with Crippen molar-refractivity contribution in [1.82, 2.24) is 5.32 Å². The molecule has 14 heavy (non-hydrogen) atoms. The number of thiophene rings is 1. The van der Waals surface area contributed by atoms with Crippen molar-refractivity contribution in [2.24, 2.45) is 0 Å². The van der Waals surface area contributed by atoms with E-state index in [1.165, 1.54) is 6.42 Å². The molecule has 1 aliphatic rings. The molecular weight excluding hydrogens is 262 g/mol. The van der Waals surface area contributed by atoms with Crippen LogP contribution in [0.25, 0.3) is 0 Å². The Labute approximate surface area is 95.8 Å². The lowest BCUT2D eigenvalue weighted by molar-refractivity contribution is 0.0857. The minimum absolute atomic E-state index is 0.0268. The Morgan fingerprint density at radius 3 is 2.86 bits per heavy atom. The summed E-state index contributed by atoms with van der Waals surface area (Å²) >= 11 is 5.02. The highest BCUT2D eigenvalue weighted by molar-refractivity contribution is 9.09. The van der Waals surface area contributed by atoms with E-state index in [0.717, 1.165) is 23.7 Å². The Morgan fingerprint density at radius 1 is 1.64 bits per heavy atom. The number of halogens is 1. The number of hydrogen-bond acceptors (Lipinski definition) is 2. The first-order valence-corrected chi connectivity index (χ1v) is 6.73. The monoisotopic (exact) mass is 273 g/mol. The van der Waals surface area contributed by atoms with Gasteiger partial charge in [-0.15, -0.1) is 0 Å². The third-order valence-electron chi connectivity index (χ3n) is 2.73. The summed E-state index contributed by atoms with van der Waals surface area (Å²) in [4.78, 5) is 11.7. The van der Waals surface area contributed by atoms with Crippen LogP contribution in [0.4, 0.5) is 0 Å². The van der Waals surface area contributed by atoms with E-state index in [0.29, 0.717) is 0 Å². The zero-order valence-electron chi connectivity index (χ0n) is 7.75. The van der Waals surface area contributed by atoms with Crippen molar-refractivity contribution in [2.75, 3.05) is 5.33 Å². The summed E-state index contributed by atoms with van der Waals surface area (Å²) in [6.07, 6.45) is 3.40. The zero-order chi connectivity index (χ0) is 10.0. The van der Waals surface area contributed by atoms with Gasteiger partial charge in [-0.3, -0.25) is 4.79 Å². The molecule has 0 unspecified atom stereocenters. The van der Waals surface area contributed by atoms with Crippen LogP contribution in [-0.4, -0.2) is 16.8 Å². The molecule has 1 aromatic rings. The normalized spacial score (nSPS) is 18.6. The van der Waals surface area contributed by atoms with Crippen LogP contribution in [0, 0.1) is 0 Å². The number of carbonyl (C=O) groups excluding carboxylic acids is 1. The van der Waals surface area contributed by atoms with E-state index in [1.54, 1.807) is 11.3 Å². The van der Waals surface area contributed by atoms with Crippen LogP contribution in [0.1, 0.15) is 29.6 Å². The molecule has 1 saturated carbocycles. The Balaban J connectivity index is 2.01. The highest BCUT2D eigenvalue weighted by atomic mass is 79.9. The molecule has 1 aromatic heterocycles. The van der Waals surface area contributed by atoms with Crippen LogP contribution in [0.5, 0.6) is 0 Å². The average Bonchev–Trinajstić information content (AvgIpc) is 2.63. The van der Waals surface area contributed by atoms with E-state index in [1.807, 2.05) is 16.8 Å². The van der Waals surface area contributed by atoms with Crippen LogP contribution in [-0.2, 0) is 0 Å². The van der Waals surface area contributed by atoms with Gasteiger partial charge in [0.1, 0.15) is 0 Å². The quantitative estimate of drug-likeness (QED) is 0.844. The third-order valence-corrected chi connectivity index (χ3v) is 4.49. The maximum atomic E-state index is 11.7. The smallest absolute Gasteiger partial charge is 0.252 e. The number of carbonyl (C=O) groups is 1. The first-order valence-electron chi connectivity index (χ1n) is 4.66. The van der Waals surface area contributed by atoms with Crippen LogP contribution >= 0.6 is 27.3 Å². The summed E-state index contributed by atoms with van der Waals surface area (Å²) in [5.74, 6) is 0.0606. The largest absolute Gasteiger partial charge is 0.346 e. The molecule has 1 aliphatic carbocycles. The molecule has 0 radical (unpaired) electrons. The van der Waals surface area contributed by atoms with Crippen molar-refractivity contribution >= 4 is 33.2 Å². The highest BCUT2D eigenvalue weighted by Crippen LogP contribution is 2.33. The summed E-state index contributed by atoms with van der Waals surface area (Å²) in [5.41, 5.74) is 0.807. The van der Waals surface area contributed by atoms with Crippen molar-refractivity contribution in [3.8, 4) is 0 Å². The third kappa shape index (κ3) is 1.86. The summed E-state index contributed by atoms with van der Waals surface area (Å²) in [6, 6.07) is 1.86. The molecule has 1 fully saturated rings. The molecule has 0 aliphatic heterocycles. The van der Waals surface area contributed by atoms with Gasteiger partial charge in [-0.1, -0.05) is 15.9 Å². The van der Waals surface area contributed by atoms with E-state index in [-0.39, 0.29) is 11.4 Å². The van der Waals surface area contributed by atoms with Gasteiger partial charge in [0.15, 0.2) is 0 Å². The van der Waals surface area contributed by atoms with E-state index in [2.05, 4.69) is 21.2 Å². The minimum atomic E-state index is 0.0268. The SMILES string of the molecule is O=C(NC1(CBr)CCC1)c1ccsc1. The van der Waals surface area contributed by atoms with Gasteiger partial charge < -0.3 is 5.32 Å². The lowest BCUT2D eigenvalue weighted by atomic mass is 9.78. The van der Waals surface area contributed by atoms with E-state index in [9.17, 15) is 4.79 Å². The second-order valence-electron chi connectivity index (χ2n) is 3.73. The van der Waals surface area contributed by atoms with Gasteiger partial charge in [0.05, 0.1) is 11.1 Å². The number of amides is 1. The number of alkyl halides is 1. The standard InChI is InChI=1S/C10H12BrNOS/c11-7-10(3-1-4-10)12-9(13)8-2-5-14-6-8/h2,5-6H,1,3-4,7H2,(H,12,13). The van der Waals surface area contributed by atoms with Crippen LogP contribution in [0.3, 0.4) is 0 Å². The Kier molecular flexibility index (Phi) is 2.93. The van der Waals surface area contributed by atoms with Crippen LogP contribution < -0.4 is 5.32 Å². The van der Waals surface area contributed by atoms with Crippen molar-refractivity contribution in [3.63, 3.8) is 0 Å². The molecule has 1 N–H and O–H groups in total. The van der Waals surface area contributed by atoms with Gasteiger partial charge >= 0.3 is 0 Å². The molecule has 0 atom stereocenters. The fraction of sp³-hybridized carbons (Fsp3) is 0.500. The van der Waals surface area contributed by atoms with Gasteiger partial charge in [-0.05, 0) is 30.7 Å². The molecule has 1 heterocycles. The van der Waals surface area contributed by atoms with Crippen molar-refractivity contribution in [2.45, 2.75) is 24.8 Å². The number of rotatable bonds is 3. The van der Waals surface area contributed by atoms with Crippen LogP contribution in [0.15, 0.2) is 16.8 Å². The maximum Gasteiger partial charge on any atom is 0.252 e. The average molecular weight is 274 g/mol. The molecule has 76 valence electrons. The Morgan fingerprint density at radius 2 is 2.43 bits per heavy atom. The van der Waals surface area contributed by atoms with Crippen molar-refractivity contribution in [3.05, 3.63) is 22.4 Å². The van der Waals surface area contributed by atoms with Gasteiger partial charge in [0.2, 0.25) is 0 Å². The van der Waals surface area contributed by atoms with Crippen molar-refractivity contribution < 1.29 is 4.79 Å². The topological polar surface area (TPSA) is 29.1 Å². The fourth-order valence-electron chi connectivity index (χ4n) is 1.60. The molecule has 0 aromatic carbocycles. The maximum absolute atomic E-state index is 11.7. The number of hydrogen-bond donors (Lipinski definition) is 1. The van der Waals surface area contributed by atoms with Gasteiger partial charge in [-0.2, -0.15) is 11.3 Å². The summed E-state index contributed by atoms with van der Waals surface area (Å²) in [7, 11) is 0. The molecule has 2 rings (SSSR count). The molecule has 0 bridgehead atoms. The minimum Gasteiger partial charge on any atom is -0.346 e. The molecule has 4 heteroatoms.